The zero-order valence-corrected chi connectivity index (χ0v) is 21.0. The van der Waals surface area contributed by atoms with Crippen LogP contribution in [-0.2, 0) is 9.59 Å². The Hall–Kier alpha value is -2.91. The van der Waals surface area contributed by atoms with Crippen LogP contribution in [0.5, 0.6) is 0 Å². The monoisotopic (exact) mass is 518 g/mol. The fraction of sp³-hybridized carbons (Fsp3) is 0.320. The first kappa shape index (κ1) is 25.2. The van der Waals surface area contributed by atoms with E-state index in [2.05, 4.69) is 16.5 Å². The minimum absolute atomic E-state index is 0.0593. The van der Waals surface area contributed by atoms with Crippen LogP contribution >= 0.6 is 23.4 Å². The molecular weight excluding hydrogens is 494 g/mol. The molecule has 2 aromatic carbocycles. The Bertz CT molecular complexity index is 1220. The van der Waals surface area contributed by atoms with Gasteiger partial charge in [0.15, 0.2) is 0 Å². The zero-order chi connectivity index (χ0) is 25.3. The lowest BCUT2D eigenvalue weighted by atomic mass is 9.98. The van der Waals surface area contributed by atoms with E-state index in [1.54, 1.807) is 22.9 Å². The average Bonchev–Trinajstić information content (AvgIpc) is 2.85. The predicted octanol–water partition coefficient (Wildman–Crippen LogP) is 4.45. The maximum absolute atomic E-state index is 14.8. The van der Waals surface area contributed by atoms with Crippen molar-refractivity contribution >= 4 is 47.2 Å². The van der Waals surface area contributed by atoms with Gasteiger partial charge in [0, 0.05) is 72.7 Å². The van der Waals surface area contributed by atoms with Crippen LogP contribution in [0.2, 0.25) is 5.02 Å². The Morgan fingerprint density at radius 1 is 1.26 bits per heavy atom. The fourth-order valence-electron chi connectivity index (χ4n) is 4.62. The van der Waals surface area contributed by atoms with Gasteiger partial charge in [0.1, 0.15) is 17.5 Å². The number of amidine groups is 1. The van der Waals surface area contributed by atoms with Crippen LogP contribution in [0.1, 0.15) is 12.5 Å². The van der Waals surface area contributed by atoms with E-state index in [4.69, 9.17) is 11.6 Å². The summed E-state index contributed by atoms with van der Waals surface area (Å²) in [5, 5.41) is 0.277. The number of rotatable bonds is 4. The SMILES string of the molecule is C=CC(=O)N1CCN(C(=NC)c2cc(Cl)c(-c3ccc(F)cc3F)c3c2N(C=O)CCS3)[C@@H](C)C1. The van der Waals surface area contributed by atoms with E-state index in [1.807, 2.05) is 6.92 Å². The molecule has 1 saturated heterocycles. The molecule has 184 valence electrons. The van der Waals surface area contributed by atoms with Gasteiger partial charge in [-0.2, -0.15) is 0 Å². The topological polar surface area (TPSA) is 56.2 Å². The first-order valence-corrected chi connectivity index (χ1v) is 12.5. The molecule has 2 heterocycles. The molecule has 0 spiro atoms. The lowest BCUT2D eigenvalue weighted by molar-refractivity contribution is -0.128. The van der Waals surface area contributed by atoms with Gasteiger partial charge in [-0.15, -0.1) is 11.8 Å². The summed E-state index contributed by atoms with van der Waals surface area (Å²) in [4.78, 5) is 34.8. The number of carbonyl (C=O) groups excluding carboxylic acids is 2. The molecule has 35 heavy (non-hydrogen) atoms. The van der Waals surface area contributed by atoms with Gasteiger partial charge in [-0.05, 0) is 31.2 Å². The van der Waals surface area contributed by atoms with Crippen LogP contribution in [0.15, 0.2) is 46.8 Å². The minimum Gasteiger partial charge on any atom is -0.350 e. The second-order valence-electron chi connectivity index (χ2n) is 8.31. The predicted molar refractivity (Wildman–Crippen MR) is 136 cm³/mol. The van der Waals surface area contributed by atoms with E-state index >= 15 is 0 Å². The van der Waals surface area contributed by atoms with Gasteiger partial charge in [-0.3, -0.25) is 14.6 Å². The number of hydrogen-bond donors (Lipinski definition) is 0. The van der Waals surface area contributed by atoms with Crippen molar-refractivity contribution < 1.29 is 18.4 Å². The van der Waals surface area contributed by atoms with E-state index in [9.17, 15) is 18.4 Å². The van der Waals surface area contributed by atoms with Crippen LogP contribution in [-0.4, -0.2) is 73.0 Å². The third-order valence-corrected chi connectivity index (χ3v) is 7.61. The summed E-state index contributed by atoms with van der Waals surface area (Å²) >= 11 is 8.22. The Labute approximate surface area is 212 Å². The molecule has 2 aliphatic heterocycles. The Morgan fingerprint density at radius 3 is 2.66 bits per heavy atom. The van der Waals surface area contributed by atoms with E-state index in [-0.39, 0.29) is 22.5 Å². The van der Waals surface area contributed by atoms with Gasteiger partial charge in [0.05, 0.1) is 10.7 Å². The van der Waals surface area contributed by atoms with Crippen LogP contribution in [0.25, 0.3) is 11.1 Å². The van der Waals surface area contributed by atoms with Gasteiger partial charge in [0.25, 0.3) is 0 Å². The summed E-state index contributed by atoms with van der Waals surface area (Å²) < 4.78 is 28.4. The maximum Gasteiger partial charge on any atom is 0.246 e. The average molecular weight is 519 g/mol. The minimum atomic E-state index is -0.730. The second kappa shape index (κ2) is 10.4. The lowest BCUT2D eigenvalue weighted by Crippen LogP contribution is -2.55. The first-order valence-electron chi connectivity index (χ1n) is 11.1. The second-order valence-corrected chi connectivity index (χ2v) is 9.82. The molecular formula is C25H25ClF2N4O2S. The van der Waals surface area contributed by atoms with Crippen molar-refractivity contribution in [2.24, 2.45) is 4.99 Å². The van der Waals surface area contributed by atoms with Gasteiger partial charge >= 0.3 is 0 Å². The molecule has 0 bridgehead atoms. The molecule has 6 nitrogen and oxygen atoms in total. The zero-order valence-electron chi connectivity index (χ0n) is 19.4. The molecule has 0 saturated carbocycles. The smallest absolute Gasteiger partial charge is 0.246 e. The van der Waals surface area contributed by atoms with E-state index < -0.39 is 11.6 Å². The van der Waals surface area contributed by atoms with Gasteiger partial charge in [-0.1, -0.05) is 18.2 Å². The molecule has 0 aliphatic carbocycles. The molecule has 2 aromatic rings. The number of halogens is 3. The van der Waals surface area contributed by atoms with Crippen molar-refractivity contribution in [2.75, 3.05) is 43.9 Å². The molecule has 2 amide bonds. The highest BCUT2D eigenvalue weighted by atomic mass is 35.5. The van der Waals surface area contributed by atoms with Crippen LogP contribution in [0, 0.1) is 11.6 Å². The fourth-order valence-corrected chi connectivity index (χ4v) is 6.21. The summed E-state index contributed by atoms with van der Waals surface area (Å²) in [5.41, 5.74) is 1.83. The highest BCUT2D eigenvalue weighted by Crippen LogP contribution is 2.48. The Kier molecular flexibility index (Phi) is 7.47. The molecule has 10 heteroatoms. The number of aliphatic imine (C=N–C) groups is 1. The third kappa shape index (κ3) is 4.67. The number of amides is 2. The van der Waals surface area contributed by atoms with Crippen molar-refractivity contribution in [1.29, 1.82) is 0 Å². The van der Waals surface area contributed by atoms with Crippen LogP contribution in [0.3, 0.4) is 0 Å². The molecule has 0 aromatic heterocycles. The van der Waals surface area contributed by atoms with Crippen LogP contribution < -0.4 is 4.90 Å². The molecule has 4 rings (SSSR count). The summed E-state index contributed by atoms with van der Waals surface area (Å²) in [5.74, 6) is -0.313. The lowest BCUT2D eigenvalue weighted by Gasteiger charge is -2.42. The maximum atomic E-state index is 14.8. The van der Waals surface area contributed by atoms with Gasteiger partial charge < -0.3 is 14.7 Å². The number of piperazine rings is 1. The molecule has 0 radical (unpaired) electrons. The normalized spacial score (nSPS) is 18.4. The molecule has 2 aliphatic rings. The number of anilines is 1. The summed E-state index contributed by atoms with van der Waals surface area (Å²) in [7, 11) is 1.67. The van der Waals surface area contributed by atoms with E-state index in [1.165, 1.54) is 30.0 Å². The van der Waals surface area contributed by atoms with E-state index in [0.29, 0.717) is 59.5 Å². The van der Waals surface area contributed by atoms with Crippen LogP contribution in [0.4, 0.5) is 14.5 Å². The Morgan fingerprint density at radius 2 is 2.03 bits per heavy atom. The standard InChI is InChI=1S/C25H25ClF2N4O2S/c1-4-21(34)30-7-8-32(15(2)13-30)25(29-3)18-12-19(26)22(17-6-5-16(27)11-20(17)28)24-23(18)31(14-33)9-10-35-24/h4-6,11-12,14-15H,1,7-10,13H2,2-3H3/t15-/m0/s1. The molecule has 0 unspecified atom stereocenters. The number of carbonyl (C=O) groups is 2. The van der Waals surface area contributed by atoms with Crippen molar-refractivity contribution in [3.05, 3.63) is 59.1 Å². The molecule has 1 fully saturated rings. The quantitative estimate of drug-likeness (QED) is 0.260. The number of benzene rings is 2. The summed E-state index contributed by atoms with van der Waals surface area (Å²) in [6, 6.07) is 5.00. The van der Waals surface area contributed by atoms with Crippen molar-refractivity contribution in [3.8, 4) is 11.1 Å². The Balaban J connectivity index is 1.85. The third-order valence-electron chi connectivity index (χ3n) is 6.24. The number of thioether (sulfide) groups is 1. The van der Waals surface area contributed by atoms with Gasteiger partial charge in [0.2, 0.25) is 12.3 Å². The summed E-state index contributed by atoms with van der Waals surface area (Å²) in [6.07, 6.45) is 2.05. The largest absolute Gasteiger partial charge is 0.350 e. The summed E-state index contributed by atoms with van der Waals surface area (Å²) in [6.45, 7) is 7.55. The highest BCUT2D eigenvalue weighted by molar-refractivity contribution is 7.99. The number of nitrogens with zero attached hydrogens (tertiary/aromatic N) is 4. The first-order chi connectivity index (χ1) is 16.8. The molecule has 1 atom stereocenters. The highest BCUT2D eigenvalue weighted by Gasteiger charge is 2.34. The molecule has 0 N–H and O–H groups in total. The van der Waals surface area contributed by atoms with Crippen molar-refractivity contribution in [1.82, 2.24) is 9.80 Å². The van der Waals surface area contributed by atoms with E-state index in [0.717, 1.165) is 12.5 Å². The number of fused-ring (bicyclic) bond motifs is 1. The van der Waals surface area contributed by atoms with Crippen molar-refractivity contribution in [2.45, 2.75) is 17.9 Å². The van der Waals surface area contributed by atoms with Crippen molar-refractivity contribution in [3.63, 3.8) is 0 Å². The number of hydrogen-bond acceptors (Lipinski definition) is 4. The van der Waals surface area contributed by atoms with Gasteiger partial charge in [-0.25, -0.2) is 8.78 Å².